The summed E-state index contributed by atoms with van der Waals surface area (Å²) < 4.78 is 0. The molecular formula is C13H18N2O3. The van der Waals surface area contributed by atoms with Crippen LogP contribution in [0, 0.1) is 0 Å². The Bertz CT molecular complexity index is 406. The van der Waals surface area contributed by atoms with Crippen molar-refractivity contribution in [3.8, 4) is 0 Å². The highest BCUT2D eigenvalue weighted by Crippen LogP contribution is 2.05. The van der Waals surface area contributed by atoms with E-state index in [1.165, 1.54) is 4.90 Å². The first kappa shape index (κ1) is 14.0. The first-order chi connectivity index (χ1) is 8.50. The molecule has 0 atom stereocenters. The Labute approximate surface area is 107 Å². The van der Waals surface area contributed by atoms with Crippen LogP contribution in [0.4, 0.5) is 4.79 Å². The van der Waals surface area contributed by atoms with Crippen LogP contribution in [0.2, 0.25) is 0 Å². The van der Waals surface area contributed by atoms with Gasteiger partial charge in [0.2, 0.25) is 0 Å². The molecule has 0 saturated heterocycles. The van der Waals surface area contributed by atoms with E-state index in [2.05, 4.69) is 0 Å². The Morgan fingerprint density at radius 1 is 1.11 bits per heavy atom. The van der Waals surface area contributed by atoms with E-state index in [4.69, 9.17) is 5.11 Å². The topological polar surface area (TPSA) is 60.9 Å². The number of rotatable bonds is 5. The Morgan fingerprint density at radius 3 is 2.28 bits per heavy atom. The maximum absolute atomic E-state index is 11.9. The third-order valence-corrected chi connectivity index (χ3v) is 2.58. The van der Waals surface area contributed by atoms with Gasteiger partial charge in [-0.1, -0.05) is 30.3 Å². The van der Waals surface area contributed by atoms with Gasteiger partial charge in [0.25, 0.3) is 0 Å². The number of carboxylic acid groups (broad SMARTS) is 1. The number of aliphatic carboxylic acids is 1. The second-order valence-electron chi connectivity index (χ2n) is 4.19. The van der Waals surface area contributed by atoms with Crippen LogP contribution >= 0.6 is 0 Å². The summed E-state index contributed by atoms with van der Waals surface area (Å²) in [6.45, 7) is 0.727. The molecule has 0 aliphatic carbocycles. The fourth-order valence-electron chi connectivity index (χ4n) is 1.58. The SMILES string of the molecule is CN(CCC(=O)O)C(=O)N(C)Cc1ccccc1. The molecular weight excluding hydrogens is 232 g/mol. The molecule has 1 aromatic carbocycles. The second-order valence-corrected chi connectivity index (χ2v) is 4.19. The van der Waals surface area contributed by atoms with Crippen molar-refractivity contribution in [2.24, 2.45) is 0 Å². The van der Waals surface area contributed by atoms with Crippen molar-refractivity contribution in [1.82, 2.24) is 9.80 Å². The number of urea groups is 1. The van der Waals surface area contributed by atoms with Gasteiger partial charge in [-0.15, -0.1) is 0 Å². The number of hydrogen-bond acceptors (Lipinski definition) is 2. The Kier molecular flexibility index (Phi) is 5.17. The molecule has 0 spiro atoms. The molecule has 1 N–H and O–H groups in total. The van der Waals surface area contributed by atoms with Crippen LogP contribution < -0.4 is 0 Å². The maximum atomic E-state index is 11.9. The summed E-state index contributed by atoms with van der Waals surface area (Å²) in [7, 11) is 3.30. The smallest absolute Gasteiger partial charge is 0.319 e. The number of carbonyl (C=O) groups is 2. The van der Waals surface area contributed by atoms with Gasteiger partial charge in [0.15, 0.2) is 0 Å². The molecule has 0 heterocycles. The number of amides is 2. The summed E-state index contributed by atoms with van der Waals surface area (Å²) in [5.74, 6) is -0.902. The lowest BCUT2D eigenvalue weighted by Gasteiger charge is -2.24. The van der Waals surface area contributed by atoms with E-state index in [1.54, 1.807) is 19.0 Å². The predicted octanol–water partition coefficient (Wildman–Crippen LogP) is 1.64. The minimum atomic E-state index is -0.902. The molecule has 5 heteroatoms. The molecule has 0 aromatic heterocycles. The zero-order valence-corrected chi connectivity index (χ0v) is 10.7. The molecule has 5 nitrogen and oxygen atoms in total. The van der Waals surface area contributed by atoms with Crippen molar-refractivity contribution in [3.63, 3.8) is 0 Å². The van der Waals surface area contributed by atoms with E-state index in [1.807, 2.05) is 30.3 Å². The molecule has 0 radical (unpaired) electrons. The van der Waals surface area contributed by atoms with Crippen LogP contribution in [0.1, 0.15) is 12.0 Å². The Balaban J connectivity index is 2.48. The van der Waals surface area contributed by atoms with Crippen molar-refractivity contribution in [2.75, 3.05) is 20.6 Å². The summed E-state index contributed by atoms with van der Waals surface area (Å²) in [5.41, 5.74) is 1.04. The highest BCUT2D eigenvalue weighted by atomic mass is 16.4. The fraction of sp³-hybridized carbons (Fsp3) is 0.385. The van der Waals surface area contributed by atoms with E-state index in [0.717, 1.165) is 5.56 Å². The quantitative estimate of drug-likeness (QED) is 0.864. The normalized spacial score (nSPS) is 9.89. The average Bonchev–Trinajstić information content (AvgIpc) is 2.36. The Hall–Kier alpha value is -2.04. The van der Waals surface area contributed by atoms with Crippen molar-refractivity contribution in [2.45, 2.75) is 13.0 Å². The summed E-state index contributed by atoms with van der Waals surface area (Å²) in [6, 6.07) is 9.47. The molecule has 0 aliphatic rings. The maximum Gasteiger partial charge on any atom is 0.319 e. The molecule has 0 bridgehead atoms. The molecule has 2 amide bonds. The molecule has 0 unspecified atom stereocenters. The zero-order chi connectivity index (χ0) is 13.5. The third-order valence-electron chi connectivity index (χ3n) is 2.58. The number of hydrogen-bond donors (Lipinski definition) is 1. The first-order valence-electron chi connectivity index (χ1n) is 5.72. The molecule has 0 aliphatic heterocycles. The Morgan fingerprint density at radius 2 is 1.72 bits per heavy atom. The van der Waals surface area contributed by atoms with Gasteiger partial charge in [-0.05, 0) is 5.56 Å². The summed E-state index contributed by atoms with van der Waals surface area (Å²) in [5, 5.41) is 8.57. The van der Waals surface area contributed by atoms with Gasteiger partial charge < -0.3 is 14.9 Å². The molecule has 0 saturated carbocycles. The van der Waals surface area contributed by atoms with E-state index >= 15 is 0 Å². The molecule has 0 fully saturated rings. The van der Waals surface area contributed by atoms with Crippen LogP contribution in [0.15, 0.2) is 30.3 Å². The summed E-state index contributed by atoms with van der Waals surface area (Å²) in [4.78, 5) is 25.3. The van der Waals surface area contributed by atoms with E-state index < -0.39 is 5.97 Å². The standard InChI is InChI=1S/C13H18N2O3/c1-14(9-8-12(16)17)13(18)15(2)10-11-6-4-3-5-7-11/h3-7H,8-10H2,1-2H3,(H,16,17). The van der Waals surface area contributed by atoms with E-state index in [9.17, 15) is 9.59 Å². The van der Waals surface area contributed by atoms with Crippen LogP contribution in [-0.4, -0.2) is 47.5 Å². The zero-order valence-electron chi connectivity index (χ0n) is 10.7. The van der Waals surface area contributed by atoms with Gasteiger partial charge in [0, 0.05) is 27.2 Å². The third kappa shape index (κ3) is 4.45. The summed E-state index contributed by atoms with van der Waals surface area (Å²) in [6.07, 6.45) is -0.0403. The largest absolute Gasteiger partial charge is 0.481 e. The van der Waals surface area contributed by atoms with Gasteiger partial charge in [0.1, 0.15) is 0 Å². The number of carbonyl (C=O) groups excluding carboxylic acids is 1. The number of benzene rings is 1. The minimum absolute atomic E-state index is 0.0403. The lowest BCUT2D eigenvalue weighted by atomic mass is 10.2. The summed E-state index contributed by atoms with van der Waals surface area (Å²) >= 11 is 0. The number of nitrogens with zero attached hydrogens (tertiary/aromatic N) is 2. The van der Waals surface area contributed by atoms with Crippen LogP contribution in [0.5, 0.6) is 0 Å². The first-order valence-corrected chi connectivity index (χ1v) is 5.72. The van der Waals surface area contributed by atoms with Crippen molar-refractivity contribution in [3.05, 3.63) is 35.9 Å². The highest BCUT2D eigenvalue weighted by molar-refractivity contribution is 5.75. The lowest BCUT2D eigenvalue weighted by Crippen LogP contribution is -2.39. The number of carboxylic acids is 1. The molecule has 98 valence electrons. The fourth-order valence-corrected chi connectivity index (χ4v) is 1.58. The van der Waals surface area contributed by atoms with Crippen molar-refractivity contribution >= 4 is 12.0 Å². The van der Waals surface area contributed by atoms with Crippen LogP contribution in [-0.2, 0) is 11.3 Å². The van der Waals surface area contributed by atoms with Gasteiger partial charge in [-0.25, -0.2) is 4.79 Å². The van der Waals surface area contributed by atoms with Gasteiger partial charge in [0.05, 0.1) is 6.42 Å². The molecule has 18 heavy (non-hydrogen) atoms. The van der Waals surface area contributed by atoms with Crippen LogP contribution in [0.25, 0.3) is 0 Å². The van der Waals surface area contributed by atoms with E-state index in [-0.39, 0.29) is 19.0 Å². The van der Waals surface area contributed by atoms with Crippen LogP contribution in [0.3, 0.4) is 0 Å². The predicted molar refractivity (Wildman–Crippen MR) is 68.2 cm³/mol. The average molecular weight is 250 g/mol. The lowest BCUT2D eigenvalue weighted by molar-refractivity contribution is -0.137. The van der Waals surface area contributed by atoms with Gasteiger partial charge in [-0.3, -0.25) is 4.79 Å². The van der Waals surface area contributed by atoms with Gasteiger partial charge in [-0.2, -0.15) is 0 Å². The van der Waals surface area contributed by atoms with Gasteiger partial charge >= 0.3 is 12.0 Å². The molecule has 1 rings (SSSR count). The second kappa shape index (κ2) is 6.64. The van der Waals surface area contributed by atoms with E-state index in [0.29, 0.717) is 6.54 Å². The van der Waals surface area contributed by atoms with Crippen molar-refractivity contribution in [1.29, 1.82) is 0 Å². The highest BCUT2D eigenvalue weighted by Gasteiger charge is 2.14. The van der Waals surface area contributed by atoms with Crippen molar-refractivity contribution < 1.29 is 14.7 Å². The molecule has 1 aromatic rings. The minimum Gasteiger partial charge on any atom is -0.481 e. The monoisotopic (exact) mass is 250 g/mol.